The van der Waals surface area contributed by atoms with Gasteiger partial charge in [-0.1, -0.05) is 43.7 Å². The molecular formula is C12H22N2S6. The fraction of sp³-hybridized carbons (Fsp3) is 0.833. The van der Waals surface area contributed by atoms with E-state index in [1.54, 1.807) is 0 Å². The molecule has 0 atom stereocenters. The van der Waals surface area contributed by atoms with Gasteiger partial charge in [-0.2, -0.15) is 50.5 Å². The van der Waals surface area contributed by atoms with Gasteiger partial charge in [-0.15, -0.1) is 0 Å². The molecule has 0 aromatic carbocycles. The summed E-state index contributed by atoms with van der Waals surface area (Å²) in [5, 5.41) is 0. The van der Waals surface area contributed by atoms with Crippen LogP contribution in [-0.4, -0.2) is 43.3 Å². The molecule has 0 radical (unpaired) electrons. The first-order valence-electron chi connectivity index (χ1n) is 6.59. The molecular weight excluding hydrogens is 365 g/mol. The maximum absolute atomic E-state index is 5.76. The van der Waals surface area contributed by atoms with Crippen LogP contribution in [0.15, 0.2) is 0 Å². The second kappa shape index (κ2) is 9.35. The second-order valence-electron chi connectivity index (χ2n) is 4.90. The van der Waals surface area contributed by atoms with Crippen molar-refractivity contribution in [3.63, 3.8) is 0 Å². The van der Waals surface area contributed by atoms with Crippen molar-refractivity contribution in [3.8, 4) is 0 Å². The van der Waals surface area contributed by atoms with Crippen molar-refractivity contribution >= 4 is 84.9 Å². The van der Waals surface area contributed by atoms with Crippen molar-refractivity contribution in [2.75, 3.05) is 23.5 Å². The number of rotatable bonds is 6. The average molecular weight is 387 g/mol. The molecule has 0 aliphatic heterocycles. The third-order valence-corrected chi connectivity index (χ3v) is 6.45. The van der Waals surface area contributed by atoms with Gasteiger partial charge >= 0.3 is 0 Å². The Morgan fingerprint density at radius 3 is 1.40 bits per heavy atom. The van der Waals surface area contributed by atoms with Gasteiger partial charge in [-0.3, -0.25) is 0 Å². The molecule has 0 N–H and O–H groups in total. The molecule has 1 fully saturated rings. The molecule has 0 aromatic heterocycles. The fourth-order valence-corrected chi connectivity index (χ4v) is 5.21. The molecule has 116 valence electrons. The summed E-state index contributed by atoms with van der Waals surface area (Å²) in [5.74, 6) is 2.26. The standard InChI is InChI=1S/C12H22N2S6/c15-6-13(7-16)10(19)12(4-2-1-3-5-12)11(20)14(8-17)9-18/h15-18H,1-9H2. The van der Waals surface area contributed by atoms with Crippen molar-refractivity contribution in [2.45, 2.75) is 32.1 Å². The van der Waals surface area contributed by atoms with Crippen molar-refractivity contribution in [1.82, 2.24) is 9.80 Å². The lowest BCUT2D eigenvalue weighted by Gasteiger charge is -2.44. The van der Waals surface area contributed by atoms with Crippen LogP contribution in [-0.2, 0) is 0 Å². The van der Waals surface area contributed by atoms with Crippen LogP contribution >= 0.6 is 75.0 Å². The highest BCUT2D eigenvalue weighted by Crippen LogP contribution is 2.41. The van der Waals surface area contributed by atoms with Gasteiger partial charge in [0.05, 0.1) is 38.9 Å². The number of thiocarbonyl (C=S) groups is 2. The van der Waals surface area contributed by atoms with Crippen molar-refractivity contribution in [1.29, 1.82) is 0 Å². The van der Waals surface area contributed by atoms with Crippen LogP contribution in [0, 0.1) is 5.41 Å². The van der Waals surface area contributed by atoms with E-state index in [9.17, 15) is 0 Å². The zero-order chi connectivity index (χ0) is 15.2. The number of nitrogens with zero attached hydrogens (tertiary/aromatic N) is 2. The first kappa shape index (κ1) is 19.2. The molecule has 0 aromatic rings. The van der Waals surface area contributed by atoms with Crippen molar-refractivity contribution in [3.05, 3.63) is 0 Å². The van der Waals surface area contributed by atoms with Gasteiger partial charge in [0.1, 0.15) is 0 Å². The Labute approximate surface area is 155 Å². The lowest BCUT2D eigenvalue weighted by molar-refractivity contribution is 0.328. The third-order valence-electron chi connectivity index (χ3n) is 3.78. The molecule has 0 heterocycles. The molecule has 1 aliphatic rings. The highest BCUT2D eigenvalue weighted by molar-refractivity contribution is 7.83. The first-order valence-corrected chi connectivity index (χ1v) is 9.94. The number of hydrogen-bond acceptors (Lipinski definition) is 6. The minimum absolute atomic E-state index is 0.236. The molecule has 1 aliphatic carbocycles. The second-order valence-corrected chi connectivity index (χ2v) is 6.80. The Balaban J connectivity index is 3.08. The summed E-state index contributed by atoms with van der Waals surface area (Å²) in [7, 11) is 0. The summed E-state index contributed by atoms with van der Waals surface area (Å²) < 4.78 is 0. The summed E-state index contributed by atoms with van der Waals surface area (Å²) in [6.07, 6.45) is 5.55. The van der Waals surface area contributed by atoms with Crippen molar-refractivity contribution < 1.29 is 0 Å². The van der Waals surface area contributed by atoms with E-state index < -0.39 is 0 Å². The first-order chi connectivity index (χ1) is 9.57. The molecule has 0 spiro atoms. The Bertz CT molecular complexity index is 309. The van der Waals surface area contributed by atoms with Gasteiger partial charge in [-0.25, -0.2) is 0 Å². The summed E-state index contributed by atoms with van der Waals surface area (Å²) in [6.45, 7) is 0. The molecule has 20 heavy (non-hydrogen) atoms. The van der Waals surface area contributed by atoms with Gasteiger partial charge < -0.3 is 9.80 Å². The van der Waals surface area contributed by atoms with Crippen molar-refractivity contribution in [2.24, 2.45) is 5.41 Å². The van der Waals surface area contributed by atoms with E-state index >= 15 is 0 Å². The van der Waals surface area contributed by atoms with E-state index in [1.165, 1.54) is 6.42 Å². The minimum Gasteiger partial charge on any atom is -0.347 e. The molecule has 1 rings (SSSR count). The largest absolute Gasteiger partial charge is 0.347 e. The molecule has 0 unspecified atom stereocenters. The molecule has 0 saturated heterocycles. The van der Waals surface area contributed by atoms with Crippen LogP contribution in [0.4, 0.5) is 0 Å². The monoisotopic (exact) mass is 386 g/mol. The van der Waals surface area contributed by atoms with Crippen LogP contribution in [0.25, 0.3) is 0 Å². The maximum Gasteiger partial charge on any atom is 0.0924 e. The summed E-state index contributed by atoms with van der Waals surface area (Å²) in [6, 6.07) is 0. The van der Waals surface area contributed by atoms with Crippen LogP contribution in [0.1, 0.15) is 32.1 Å². The molecule has 8 heteroatoms. The van der Waals surface area contributed by atoms with Crippen LogP contribution in [0.5, 0.6) is 0 Å². The lowest BCUT2D eigenvalue weighted by Crippen LogP contribution is -2.52. The summed E-state index contributed by atoms with van der Waals surface area (Å²) in [4.78, 5) is 5.77. The van der Waals surface area contributed by atoms with Crippen LogP contribution < -0.4 is 0 Å². The Hall–Kier alpha value is 1.18. The zero-order valence-corrected chi connectivity index (χ0v) is 16.6. The lowest BCUT2D eigenvalue weighted by atomic mass is 9.73. The van der Waals surface area contributed by atoms with Gasteiger partial charge in [0.25, 0.3) is 0 Å². The molecule has 0 bridgehead atoms. The Kier molecular flexibility index (Phi) is 8.99. The Morgan fingerprint density at radius 1 is 0.750 bits per heavy atom. The zero-order valence-electron chi connectivity index (χ0n) is 11.4. The van der Waals surface area contributed by atoms with E-state index in [-0.39, 0.29) is 5.41 Å². The van der Waals surface area contributed by atoms with E-state index in [0.717, 1.165) is 35.7 Å². The predicted octanol–water partition coefficient (Wildman–Crippen LogP) is 3.74. The van der Waals surface area contributed by atoms with Crippen LogP contribution in [0.2, 0.25) is 0 Å². The smallest absolute Gasteiger partial charge is 0.0924 e. The van der Waals surface area contributed by atoms with E-state index in [1.807, 2.05) is 9.80 Å². The molecule has 0 amide bonds. The topological polar surface area (TPSA) is 6.48 Å². The average Bonchev–Trinajstić information content (AvgIpc) is 2.50. The quantitative estimate of drug-likeness (QED) is 0.314. The molecule has 1 saturated carbocycles. The normalized spacial score (nSPS) is 17.6. The third kappa shape index (κ3) is 4.13. The van der Waals surface area contributed by atoms with E-state index in [4.69, 9.17) is 24.4 Å². The van der Waals surface area contributed by atoms with E-state index in [0.29, 0.717) is 23.5 Å². The number of thiol groups is 4. The van der Waals surface area contributed by atoms with Crippen LogP contribution in [0.3, 0.4) is 0 Å². The summed E-state index contributed by atoms with van der Waals surface area (Å²) >= 11 is 29.0. The predicted molar refractivity (Wildman–Crippen MR) is 110 cm³/mol. The fourth-order valence-electron chi connectivity index (χ4n) is 2.63. The van der Waals surface area contributed by atoms with Gasteiger partial charge in [0, 0.05) is 0 Å². The van der Waals surface area contributed by atoms with Gasteiger partial charge in [0.2, 0.25) is 0 Å². The minimum atomic E-state index is -0.236. The van der Waals surface area contributed by atoms with Gasteiger partial charge in [0.15, 0.2) is 0 Å². The SMILES string of the molecule is S=C(N(CS)CS)C1(C(=S)N(CS)CS)CCCCC1. The van der Waals surface area contributed by atoms with Gasteiger partial charge in [-0.05, 0) is 12.8 Å². The highest BCUT2D eigenvalue weighted by atomic mass is 32.1. The molecule has 2 nitrogen and oxygen atoms in total. The maximum atomic E-state index is 5.76. The highest BCUT2D eigenvalue weighted by Gasteiger charge is 2.43. The Morgan fingerprint density at radius 2 is 1.10 bits per heavy atom. The number of hydrogen-bond donors (Lipinski definition) is 4. The van der Waals surface area contributed by atoms with E-state index in [2.05, 4.69) is 50.5 Å². The summed E-state index contributed by atoms with van der Waals surface area (Å²) in [5.41, 5.74) is -0.236.